The first-order valence-electron chi connectivity index (χ1n) is 5.47. The van der Waals surface area contributed by atoms with E-state index < -0.39 is 0 Å². The van der Waals surface area contributed by atoms with Crippen LogP contribution in [0.2, 0.25) is 0 Å². The van der Waals surface area contributed by atoms with Gasteiger partial charge in [-0.3, -0.25) is 4.79 Å². The first kappa shape index (κ1) is 12.5. The highest BCUT2D eigenvalue weighted by atomic mass is 16.5. The molecule has 0 spiro atoms. The van der Waals surface area contributed by atoms with Crippen molar-refractivity contribution in [3.8, 4) is 5.75 Å². The Morgan fingerprint density at radius 1 is 1.44 bits per heavy atom. The van der Waals surface area contributed by atoms with E-state index in [9.17, 15) is 4.79 Å². The second kappa shape index (κ2) is 6.11. The van der Waals surface area contributed by atoms with Crippen molar-refractivity contribution in [3.63, 3.8) is 0 Å². The van der Waals surface area contributed by atoms with E-state index >= 15 is 0 Å². The minimum atomic E-state index is 0.208. The predicted molar refractivity (Wildman–Crippen MR) is 65.8 cm³/mol. The number of rotatable bonds is 6. The molecule has 0 heterocycles. The van der Waals surface area contributed by atoms with Gasteiger partial charge in [0.05, 0.1) is 7.11 Å². The van der Waals surface area contributed by atoms with Gasteiger partial charge in [-0.25, -0.2) is 0 Å². The highest BCUT2D eigenvalue weighted by Gasteiger charge is 2.05. The summed E-state index contributed by atoms with van der Waals surface area (Å²) in [5.41, 5.74) is 1.99. The van der Waals surface area contributed by atoms with Crippen molar-refractivity contribution >= 4 is 5.78 Å². The molecule has 1 aromatic carbocycles. The lowest BCUT2D eigenvalue weighted by Gasteiger charge is -2.04. The van der Waals surface area contributed by atoms with Crippen LogP contribution < -0.4 is 4.74 Å². The molecular weight excluding hydrogens is 200 g/mol. The van der Waals surface area contributed by atoms with Crippen molar-refractivity contribution in [3.05, 3.63) is 42.0 Å². The Kier molecular flexibility index (Phi) is 4.77. The number of methoxy groups -OCH3 is 1. The third-order valence-electron chi connectivity index (χ3n) is 2.48. The van der Waals surface area contributed by atoms with Gasteiger partial charge in [-0.1, -0.05) is 31.2 Å². The van der Waals surface area contributed by atoms with Crippen molar-refractivity contribution in [1.29, 1.82) is 0 Å². The van der Waals surface area contributed by atoms with Gasteiger partial charge in [-0.05, 0) is 24.1 Å². The molecular formula is C14H18O2. The SMILES string of the molecule is C=C(CC)CC(=O)Cc1cccc(OC)c1. The molecule has 0 aliphatic rings. The van der Waals surface area contributed by atoms with Crippen LogP contribution in [0.1, 0.15) is 25.3 Å². The highest BCUT2D eigenvalue weighted by Crippen LogP contribution is 2.14. The van der Waals surface area contributed by atoms with Crippen LogP contribution in [-0.2, 0) is 11.2 Å². The predicted octanol–water partition coefficient (Wildman–Crippen LogP) is 3.16. The maximum atomic E-state index is 11.7. The van der Waals surface area contributed by atoms with E-state index in [4.69, 9.17) is 4.74 Å². The Morgan fingerprint density at radius 3 is 2.81 bits per heavy atom. The minimum absolute atomic E-state index is 0.208. The minimum Gasteiger partial charge on any atom is -0.497 e. The van der Waals surface area contributed by atoms with Crippen LogP contribution in [0.3, 0.4) is 0 Å². The van der Waals surface area contributed by atoms with Crippen molar-refractivity contribution in [2.45, 2.75) is 26.2 Å². The zero-order valence-corrected chi connectivity index (χ0v) is 9.95. The van der Waals surface area contributed by atoms with Gasteiger partial charge in [0.1, 0.15) is 11.5 Å². The van der Waals surface area contributed by atoms with Gasteiger partial charge >= 0.3 is 0 Å². The van der Waals surface area contributed by atoms with Gasteiger partial charge in [0.25, 0.3) is 0 Å². The second-order valence-corrected chi connectivity index (χ2v) is 3.85. The molecule has 86 valence electrons. The van der Waals surface area contributed by atoms with Gasteiger partial charge in [0.15, 0.2) is 0 Å². The van der Waals surface area contributed by atoms with Crippen LogP contribution in [0, 0.1) is 0 Å². The third-order valence-corrected chi connectivity index (χ3v) is 2.48. The Bertz CT molecular complexity index is 380. The molecule has 1 rings (SSSR count). The standard InChI is InChI=1S/C14H18O2/c1-4-11(2)8-13(15)9-12-6-5-7-14(10-12)16-3/h5-7,10H,2,4,8-9H2,1,3H3. The lowest BCUT2D eigenvalue weighted by atomic mass is 10.0. The van der Waals surface area contributed by atoms with Crippen LogP contribution in [0.25, 0.3) is 0 Å². The summed E-state index contributed by atoms with van der Waals surface area (Å²) in [5.74, 6) is 1.000. The Hall–Kier alpha value is -1.57. The molecule has 0 aliphatic heterocycles. The summed E-state index contributed by atoms with van der Waals surface area (Å²) in [4.78, 5) is 11.7. The average Bonchev–Trinajstić information content (AvgIpc) is 2.28. The van der Waals surface area contributed by atoms with Gasteiger partial charge in [0, 0.05) is 12.8 Å². The first-order chi connectivity index (χ1) is 7.65. The molecule has 0 saturated carbocycles. The third kappa shape index (κ3) is 3.89. The summed E-state index contributed by atoms with van der Waals surface area (Å²) in [6.45, 7) is 5.86. The molecule has 0 bridgehead atoms. The number of carbonyl (C=O) groups excluding carboxylic acids is 1. The number of benzene rings is 1. The second-order valence-electron chi connectivity index (χ2n) is 3.85. The van der Waals surface area contributed by atoms with Crippen molar-refractivity contribution in [2.75, 3.05) is 7.11 Å². The fraction of sp³-hybridized carbons (Fsp3) is 0.357. The summed E-state index contributed by atoms with van der Waals surface area (Å²) >= 11 is 0. The van der Waals surface area contributed by atoms with Gasteiger partial charge in [-0.15, -0.1) is 0 Å². The molecule has 0 fully saturated rings. The first-order valence-corrected chi connectivity index (χ1v) is 5.47. The highest BCUT2D eigenvalue weighted by molar-refractivity contribution is 5.83. The molecule has 1 aromatic rings. The number of hydrogen-bond donors (Lipinski definition) is 0. The van der Waals surface area contributed by atoms with Crippen molar-refractivity contribution < 1.29 is 9.53 Å². The molecule has 0 radical (unpaired) electrons. The molecule has 0 aliphatic carbocycles. The molecule has 16 heavy (non-hydrogen) atoms. The number of allylic oxidation sites excluding steroid dienone is 1. The summed E-state index contributed by atoms with van der Waals surface area (Å²) in [6, 6.07) is 7.61. The number of Topliss-reactive ketones (excluding diaryl/α,β-unsaturated/α-hetero) is 1. The lowest BCUT2D eigenvalue weighted by Crippen LogP contribution is -2.03. The molecule has 2 nitrogen and oxygen atoms in total. The number of carbonyl (C=O) groups is 1. The smallest absolute Gasteiger partial charge is 0.141 e. The Balaban J connectivity index is 2.59. The van der Waals surface area contributed by atoms with E-state index in [-0.39, 0.29) is 5.78 Å². The largest absolute Gasteiger partial charge is 0.497 e. The lowest BCUT2D eigenvalue weighted by molar-refractivity contribution is -0.117. The zero-order valence-electron chi connectivity index (χ0n) is 9.95. The molecule has 0 aromatic heterocycles. The summed E-state index contributed by atoms with van der Waals surface area (Å²) < 4.78 is 5.11. The van der Waals surface area contributed by atoms with Gasteiger partial charge in [0.2, 0.25) is 0 Å². The monoisotopic (exact) mass is 218 g/mol. The maximum absolute atomic E-state index is 11.7. The fourth-order valence-corrected chi connectivity index (χ4v) is 1.48. The van der Waals surface area contributed by atoms with Gasteiger partial charge < -0.3 is 4.74 Å². The van der Waals surface area contributed by atoms with Crippen LogP contribution in [0.4, 0.5) is 0 Å². The van der Waals surface area contributed by atoms with E-state index in [0.29, 0.717) is 12.8 Å². The Labute approximate surface area is 96.9 Å². The normalized spacial score (nSPS) is 9.88. The average molecular weight is 218 g/mol. The van der Waals surface area contributed by atoms with Crippen LogP contribution in [-0.4, -0.2) is 12.9 Å². The summed E-state index contributed by atoms with van der Waals surface area (Å²) in [6.07, 6.45) is 1.80. The van der Waals surface area contributed by atoms with E-state index in [1.54, 1.807) is 7.11 Å². The van der Waals surface area contributed by atoms with Crippen molar-refractivity contribution in [2.24, 2.45) is 0 Å². The molecule has 0 atom stereocenters. The Morgan fingerprint density at radius 2 is 2.19 bits per heavy atom. The van der Waals surface area contributed by atoms with Crippen molar-refractivity contribution in [1.82, 2.24) is 0 Å². The van der Waals surface area contributed by atoms with Gasteiger partial charge in [-0.2, -0.15) is 0 Å². The van der Waals surface area contributed by atoms with Crippen LogP contribution >= 0.6 is 0 Å². The number of hydrogen-bond acceptors (Lipinski definition) is 2. The zero-order chi connectivity index (χ0) is 12.0. The summed E-state index contributed by atoms with van der Waals surface area (Å²) in [5, 5.41) is 0. The van der Waals surface area contributed by atoms with E-state index in [0.717, 1.165) is 23.3 Å². The topological polar surface area (TPSA) is 26.3 Å². The van der Waals surface area contributed by atoms with E-state index in [2.05, 4.69) is 6.58 Å². The van der Waals surface area contributed by atoms with E-state index in [1.807, 2.05) is 31.2 Å². The molecule has 2 heteroatoms. The molecule has 0 N–H and O–H groups in total. The maximum Gasteiger partial charge on any atom is 0.141 e. The number of ether oxygens (including phenoxy) is 1. The fourth-order valence-electron chi connectivity index (χ4n) is 1.48. The molecule has 0 unspecified atom stereocenters. The summed E-state index contributed by atoms with van der Waals surface area (Å²) in [7, 11) is 1.62. The van der Waals surface area contributed by atoms with Crippen LogP contribution in [0.15, 0.2) is 36.4 Å². The number of ketones is 1. The van der Waals surface area contributed by atoms with E-state index in [1.165, 1.54) is 0 Å². The van der Waals surface area contributed by atoms with Crippen LogP contribution in [0.5, 0.6) is 5.75 Å². The molecule has 0 saturated heterocycles. The quantitative estimate of drug-likeness (QED) is 0.685. The molecule has 0 amide bonds.